The lowest BCUT2D eigenvalue weighted by atomic mass is 10.2. The standard InChI is InChI=1S/C14H23N3O2/c1-15-11-14(18)16-10-12-5-4-6-13(9-12)19-8-7-17(2)3/h4-6,9,15H,7-8,10-11H2,1-3H3,(H,16,18). The van der Waals surface area contributed by atoms with Crippen LogP contribution in [0, 0.1) is 0 Å². The van der Waals surface area contributed by atoms with Crippen molar-refractivity contribution in [2.24, 2.45) is 0 Å². The fraction of sp³-hybridized carbons (Fsp3) is 0.500. The molecule has 0 aliphatic rings. The van der Waals surface area contributed by atoms with Crippen LogP contribution in [-0.2, 0) is 11.3 Å². The highest BCUT2D eigenvalue weighted by molar-refractivity contribution is 5.77. The van der Waals surface area contributed by atoms with Crippen LogP contribution in [0.5, 0.6) is 5.75 Å². The van der Waals surface area contributed by atoms with Gasteiger partial charge >= 0.3 is 0 Å². The SMILES string of the molecule is CNCC(=O)NCc1cccc(OCCN(C)C)c1. The van der Waals surface area contributed by atoms with Crippen LogP contribution in [0.2, 0.25) is 0 Å². The number of amides is 1. The summed E-state index contributed by atoms with van der Waals surface area (Å²) in [4.78, 5) is 13.4. The summed E-state index contributed by atoms with van der Waals surface area (Å²) in [6.07, 6.45) is 0. The number of ether oxygens (including phenoxy) is 1. The summed E-state index contributed by atoms with van der Waals surface area (Å²) in [6, 6.07) is 7.78. The molecular weight excluding hydrogens is 242 g/mol. The Morgan fingerprint density at radius 3 is 2.84 bits per heavy atom. The van der Waals surface area contributed by atoms with E-state index in [1.807, 2.05) is 38.4 Å². The normalized spacial score (nSPS) is 10.5. The zero-order valence-corrected chi connectivity index (χ0v) is 11.9. The molecule has 1 aromatic carbocycles. The van der Waals surface area contributed by atoms with E-state index in [2.05, 4.69) is 15.5 Å². The monoisotopic (exact) mass is 265 g/mol. The Labute approximate surface area is 114 Å². The molecule has 5 heteroatoms. The Morgan fingerprint density at radius 1 is 1.37 bits per heavy atom. The number of hydrogen-bond donors (Lipinski definition) is 2. The Kier molecular flexibility index (Phi) is 6.92. The molecule has 0 saturated heterocycles. The van der Waals surface area contributed by atoms with E-state index in [4.69, 9.17) is 4.74 Å². The number of carbonyl (C=O) groups is 1. The van der Waals surface area contributed by atoms with Gasteiger partial charge in [0.05, 0.1) is 6.54 Å². The van der Waals surface area contributed by atoms with Crippen molar-refractivity contribution in [3.8, 4) is 5.75 Å². The van der Waals surface area contributed by atoms with E-state index in [0.29, 0.717) is 19.7 Å². The lowest BCUT2D eigenvalue weighted by molar-refractivity contribution is -0.120. The molecule has 1 rings (SSSR count). The molecule has 0 bridgehead atoms. The number of hydrogen-bond acceptors (Lipinski definition) is 4. The second-order valence-corrected chi connectivity index (χ2v) is 4.61. The van der Waals surface area contributed by atoms with Crippen molar-refractivity contribution in [3.63, 3.8) is 0 Å². The average Bonchev–Trinajstić information content (AvgIpc) is 2.37. The third kappa shape index (κ3) is 6.79. The molecule has 0 unspecified atom stereocenters. The van der Waals surface area contributed by atoms with Gasteiger partial charge in [0.2, 0.25) is 5.91 Å². The van der Waals surface area contributed by atoms with Crippen LogP contribution in [0.3, 0.4) is 0 Å². The molecule has 1 aromatic rings. The first-order valence-corrected chi connectivity index (χ1v) is 6.39. The van der Waals surface area contributed by atoms with E-state index in [1.165, 1.54) is 0 Å². The van der Waals surface area contributed by atoms with Gasteiger partial charge in [-0.15, -0.1) is 0 Å². The van der Waals surface area contributed by atoms with Gasteiger partial charge in [-0.05, 0) is 38.8 Å². The minimum atomic E-state index is -0.0126. The first-order valence-electron chi connectivity index (χ1n) is 6.39. The molecule has 0 saturated carbocycles. The molecule has 0 fully saturated rings. The van der Waals surface area contributed by atoms with Gasteiger partial charge in [0.15, 0.2) is 0 Å². The summed E-state index contributed by atoms with van der Waals surface area (Å²) >= 11 is 0. The number of carbonyl (C=O) groups excluding carboxylic acids is 1. The van der Waals surface area contributed by atoms with Gasteiger partial charge in [-0.1, -0.05) is 12.1 Å². The third-order valence-electron chi connectivity index (χ3n) is 2.53. The van der Waals surface area contributed by atoms with E-state index in [1.54, 1.807) is 7.05 Å². The second kappa shape index (κ2) is 8.50. The zero-order chi connectivity index (χ0) is 14.1. The van der Waals surface area contributed by atoms with E-state index in [0.717, 1.165) is 17.9 Å². The second-order valence-electron chi connectivity index (χ2n) is 4.61. The molecule has 1 amide bonds. The van der Waals surface area contributed by atoms with Gasteiger partial charge in [0, 0.05) is 13.1 Å². The van der Waals surface area contributed by atoms with Crippen LogP contribution in [0.1, 0.15) is 5.56 Å². The molecule has 2 N–H and O–H groups in total. The van der Waals surface area contributed by atoms with Crippen LogP contribution in [-0.4, -0.2) is 51.6 Å². The van der Waals surface area contributed by atoms with Gasteiger partial charge in [0.25, 0.3) is 0 Å². The van der Waals surface area contributed by atoms with E-state index < -0.39 is 0 Å². The molecular formula is C14H23N3O2. The number of nitrogens with one attached hydrogen (secondary N) is 2. The Balaban J connectivity index is 2.41. The Hall–Kier alpha value is -1.59. The number of rotatable bonds is 8. The first-order chi connectivity index (χ1) is 9.11. The topological polar surface area (TPSA) is 53.6 Å². The summed E-state index contributed by atoms with van der Waals surface area (Å²) in [5.74, 6) is 0.823. The highest BCUT2D eigenvalue weighted by atomic mass is 16.5. The largest absolute Gasteiger partial charge is 0.492 e. The van der Waals surface area contributed by atoms with E-state index in [-0.39, 0.29) is 5.91 Å². The van der Waals surface area contributed by atoms with Gasteiger partial charge in [-0.3, -0.25) is 4.79 Å². The third-order valence-corrected chi connectivity index (χ3v) is 2.53. The predicted octanol–water partition coefficient (Wildman–Crippen LogP) is 0.463. The average molecular weight is 265 g/mol. The summed E-state index contributed by atoms with van der Waals surface area (Å²) in [7, 11) is 5.77. The van der Waals surface area contributed by atoms with Crippen molar-refractivity contribution >= 4 is 5.91 Å². The van der Waals surface area contributed by atoms with Crippen LogP contribution in [0.25, 0.3) is 0 Å². The minimum absolute atomic E-state index is 0.0126. The Morgan fingerprint density at radius 2 is 2.16 bits per heavy atom. The molecule has 5 nitrogen and oxygen atoms in total. The van der Waals surface area contributed by atoms with Crippen LogP contribution in [0.15, 0.2) is 24.3 Å². The molecule has 0 atom stereocenters. The molecule has 0 radical (unpaired) electrons. The highest BCUT2D eigenvalue weighted by Gasteiger charge is 2.01. The van der Waals surface area contributed by atoms with Crippen LogP contribution < -0.4 is 15.4 Å². The van der Waals surface area contributed by atoms with Gasteiger partial charge in [-0.25, -0.2) is 0 Å². The molecule has 0 spiro atoms. The highest BCUT2D eigenvalue weighted by Crippen LogP contribution is 2.13. The number of benzene rings is 1. The molecule has 0 aliphatic heterocycles. The Bertz CT molecular complexity index is 394. The van der Waals surface area contributed by atoms with Gasteiger partial charge < -0.3 is 20.3 Å². The van der Waals surface area contributed by atoms with Crippen molar-refractivity contribution < 1.29 is 9.53 Å². The van der Waals surface area contributed by atoms with Crippen LogP contribution >= 0.6 is 0 Å². The lowest BCUT2D eigenvalue weighted by Crippen LogP contribution is -2.31. The molecule has 19 heavy (non-hydrogen) atoms. The minimum Gasteiger partial charge on any atom is -0.492 e. The van der Waals surface area contributed by atoms with E-state index >= 15 is 0 Å². The van der Waals surface area contributed by atoms with Crippen molar-refractivity contribution in [1.82, 2.24) is 15.5 Å². The smallest absolute Gasteiger partial charge is 0.234 e. The van der Waals surface area contributed by atoms with Crippen molar-refractivity contribution in [1.29, 1.82) is 0 Å². The van der Waals surface area contributed by atoms with E-state index in [9.17, 15) is 4.79 Å². The summed E-state index contributed by atoms with van der Waals surface area (Å²) in [5, 5.41) is 5.65. The van der Waals surface area contributed by atoms with Crippen molar-refractivity contribution in [2.75, 3.05) is 40.8 Å². The molecule has 0 heterocycles. The molecule has 0 aromatic heterocycles. The molecule has 0 aliphatic carbocycles. The summed E-state index contributed by atoms with van der Waals surface area (Å²) in [5.41, 5.74) is 1.03. The summed E-state index contributed by atoms with van der Waals surface area (Å²) < 4.78 is 5.65. The fourth-order valence-electron chi connectivity index (χ4n) is 1.52. The summed E-state index contributed by atoms with van der Waals surface area (Å²) in [6.45, 7) is 2.39. The zero-order valence-electron chi connectivity index (χ0n) is 11.9. The number of likely N-dealkylation sites (N-methyl/N-ethyl adjacent to an activating group) is 2. The maximum atomic E-state index is 11.3. The lowest BCUT2D eigenvalue weighted by Gasteiger charge is -2.12. The van der Waals surface area contributed by atoms with Crippen molar-refractivity contribution in [3.05, 3.63) is 29.8 Å². The van der Waals surface area contributed by atoms with Crippen LogP contribution in [0.4, 0.5) is 0 Å². The maximum absolute atomic E-state index is 11.3. The van der Waals surface area contributed by atoms with Crippen molar-refractivity contribution in [2.45, 2.75) is 6.54 Å². The first kappa shape index (κ1) is 15.5. The molecule has 106 valence electrons. The quantitative estimate of drug-likeness (QED) is 0.717. The number of nitrogens with zero attached hydrogens (tertiary/aromatic N) is 1. The predicted molar refractivity (Wildman–Crippen MR) is 76.3 cm³/mol. The van der Waals surface area contributed by atoms with Gasteiger partial charge in [0.1, 0.15) is 12.4 Å². The fourth-order valence-corrected chi connectivity index (χ4v) is 1.52. The maximum Gasteiger partial charge on any atom is 0.234 e. The van der Waals surface area contributed by atoms with Gasteiger partial charge in [-0.2, -0.15) is 0 Å².